The topological polar surface area (TPSA) is 70.9 Å². The average Bonchev–Trinajstić information content (AvgIpc) is 3.11. The number of nitrogens with one attached hydrogen (secondary N) is 1. The van der Waals surface area contributed by atoms with Crippen molar-refractivity contribution in [2.45, 2.75) is 19.4 Å². The lowest BCUT2D eigenvalue weighted by Crippen LogP contribution is -2.00. The number of aromatic carboxylic acids is 1. The number of imidazole rings is 1. The molecule has 1 aliphatic rings. The average molecular weight is 267 g/mol. The van der Waals surface area contributed by atoms with Crippen molar-refractivity contribution in [1.29, 1.82) is 0 Å². The van der Waals surface area contributed by atoms with Gasteiger partial charge in [0.2, 0.25) is 0 Å². The van der Waals surface area contributed by atoms with Crippen LogP contribution in [0.4, 0.5) is 0 Å². The van der Waals surface area contributed by atoms with Crippen LogP contribution in [0.2, 0.25) is 0 Å². The predicted molar refractivity (Wildman–Crippen MR) is 74.8 cm³/mol. The summed E-state index contributed by atoms with van der Waals surface area (Å²) in [5.41, 5.74) is 3.05. The third-order valence-corrected chi connectivity index (χ3v) is 3.90. The van der Waals surface area contributed by atoms with Gasteiger partial charge in [0, 0.05) is 29.2 Å². The monoisotopic (exact) mass is 267 g/mol. The Labute approximate surface area is 114 Å². The Hall–Kier alpha value is -2.56. The molecule has 0 radical (unpaired) electrons. The summed E-state index contributed by atoms with van der Waals surface area (Å²) in [6, 6.07) is 7.98. The molecule has 0 fully saturated rings. The van der Waals surface area contributed by atoms with E-state index in [0.717, 1.165) is 47.4 Å². The van der Waals surface area contributed by atoms with Gasteiger partial charge in [-0.1, -0.05) is 18.2 Å². The standard InChI is InChI=1S/C15H13N3O2/c19-15(20)13-12-6-3-7-18(12)14(17-13)10-8-16-11-5-2-1-4-9(10)11/h1-2,4-5,8,16H,3,6-7H2,(H,19,20). The van der Waals surface area contributed by atoms with Gasteiger partial charge in [0.1, 0.15) is 5.82 Å². The Morgan fingerprint density at radius 2 is 2.20 bits per heavy atom. The predicted octanol–water partition coefficient (Wildman–Crippen LogP) is 2.68. The molecule has 3 heterocycles. The van der Waals surface area contributed by atoms with Crippen molar-refractivity contribution in [2.24, 2.45) is 0 Å². The normalized spacial score (nSPS) is 13.8. The van der Waals surface area contributed by atoms with Gasteiger partial charge in [-0.05, 0) is 18.9 Å². The fourth-order valence-electron chi connectivity index (χ4n) is 3.02. The zero-order valence-electron chi connectivity index (χ0n) is 10.8. The highest BCUT2D eigenvalue weighted by atomic mass is 16.4. The Balaban J connectivity index is 1.99. The second-order valence-corrected chi connectivity index (χ2v) is 5.04. The molecule has 0 atom stereocenters. The van der Waals surface area contributed by atoms with Crippen molar-refractivity contribution in [3.05, 3.63) is 41.9 Å². The van der Waals surface area contributed by atoms with Crippen molar-refractivity contribution in [3.63, 3.8) is 0 Å². The van der Waals surface area contributed by atoms with Gasteiger partial charge >= 0.3 is 5.97 Å². The molecule has 0 bridgehead atoms. The number of aromatic nitrogens is 3. The highest BCUT2D eigenvalue weighted by Crippen LogP contribution is 2.32. The quantitative estimate of drug-likeness (QED) is 0.750. The maximum atomic E-state index is 11.3. The molecular formula is C15H13N3O2. The van der Waals surface area contributed by atoms with E-state index < -0.39 is 5.97 Å². The molecule has 0 aliphatic carbocycles. The van der Waals surface area contributed by atoms with E-state index in [1.165, 1.54) is 0 Å². The van der Waals surface area contributed by atoms with Gasteiger partial charge in [-0.2, -0.15) is 0 Å². The number of nitrogens with zero attached hydrogens (tertiary/aromatic N) is 2. The Morgan fingerprint density at radius 1 is 1.35 bits per heavy atom. The number of hydrogen-bond donors (Lipinski definition) is 2. The molecule has 0 saturated carbocycles. The highest BCUT2D eigenvalue weighted by Gasteiger charge is 2.26. The van der Waals surface area contributed by atoms with Gasteiger partial charge in [0.25, 0.3) is 0 Å². The second-order valence-electron chi connectivity index (χ2n) is 5.04. The van der Waals surface area contributed by atoms with Gasteiger partial charge in [-0.15, -0.1) is 0 Å². The number of fused-ring (bicyclic) bond motifs is 2. The zero-order valence-corrected chi connectivity index (χ0v) is 10.8. The molecule has 1 aromatic carbocycles. The van der Waals surface area contributed by atoms with Crippen molar-refractivity contribution in [3.8, 4) is 11.4 Å². The molecule has 2 N–H and O–H groups in total. The molecule has 20 heavy (non-hydrogen) atoms. The first-order valence-electron chi connectivity index (χ1n) is 6.65. The number of hydrogen-bond acceptors (Lipinski definition) is 2. The van der Waals surface area contributed by atoms with E-state index in [1.807, 2.05) is 35.0 Å². The molecule has 100 valence electrons. The number of para-hydroxylation sites is 1. The Morgan fingerprint density at radius 3 is 3.05 bits per heavy atom. The molecule has 2 aromatic heterocycles. The van der Waals surface area contributed by atoms with Crippen molar-refractivity contribution in [1.82, 2.24) is 14.5 Å². The summed E-state index contributed by atoms with van der Waals surface area (Å²) >= 11 is 0. The molecule has 1 aliphatic heterocycles. The number of carbonyl (C=O) groups is 1. The molecule has 5 nitrogen and oxygen atoms in total. The summed E-state index contributed by atoms with van der Waals surface area (Å²) in [6.45, 7) is 0.838. The van der Waals surface area contributed by atoms with Crippen LogP contribution >= 0.6 is 0 Å². The highest BCUT2D eigenvalue weighted by molar-refractivity contribution is 5.95. The van der Waals surface area contributed by atoms with E-state index in [9.17, 15) is 9.90 Å². The summed E-state index contributed by atoms with van der Waals surface area (Å²) in [5.74, 6) is -0.186. The van der Waals surface area contributed by atoms with Crippen molar-refractivity contribution >= 4 is 16.9 Å². The first-order chi connectivity index (χ1) is 9.75. The van der Waals surface area contributed by atoms with Gasteiger partial charge in [0.05, 0.1) is 5.69 Å². The van der Waals surface area contributed by atoms with Crippen LogP contribution < -0.4 is 0 Å². The first-order valence-corrected chi connectivity index (χ1v) is 6.65. The van der Waals surface area contributed by atoms with Gasteiger partial charge in [0.15, 0.2) is 5.69 Å². The van der Waals surface area contributed by atoms with Crippen LogP contribution in [0.15, 0.2) is 30.5 Å². The summed E-state index contributed by atoms with van der Waals surface area (Å²) in [4.78, 5) is 18.9. The van der Waals surface area contributed by atoms with E-state index >= 15 is 0 Å². The van der Waals surface area contributed by atoms with Crippen molar-refractivity contribution in [2.75, 3.05) is 0 Å². The minimum atomic E-state index is -0.943. The van der Waals surface area contributed by atoms with Gasteiger partial charge in [-0.25, -0.2) is 9.78 Å². The molecular weight excluding hydrogens is 254 g/mol. The van der Waals surface area contributed by atoms with E-state index in [0.29, 0.717) is 0 Å². The number of carboxylic acids is 1. The minimum Gasteiger partial charge on any atom is -0.476 e. The molecule has 3 aromatic rings. The molecule has 0 amide bonds. The van der Waals surface area contributed by atoms with Crippen LogP contribution in [0.5, 0.6) is 0 Å². The van der Waals surface area contributed by atoms with Crippen LogP contribution in [0.1, 0.15) is 22.6 Å². The number of carboxylic acid groups (broad SMARTS) is 1. The maximum Gasteiger partial charge on any atom is 0.356 e. The third-order valence-electron chi connectivity index (χ3n) is 3.90. The fraction of sp³-hybridized carbons (Fsp3) is 0.200. The summed E-state index contributed by atoms with van der Waals surface area (Å²) in [5, 5.41) is 10.4. The second kappa shape index (κ2) is 3.96. The summed E-state index contributed by atoms with van der Waals surface area (Å²) in [6.07, 6.45) is 3.68. The van der Waals surface area contributed by atoms with Gasteiger partial charge < -0.3 is 14.7 Å². The van der Waals surface area contributed by atoms with Gasteiger partial charge in [-0.3, -0.25) is 0 Å². The first kappa shape index (κ1) is 11.3. The van der Waals surface area contributed by atoms with E-state index in [4.69, 9.17) is 0 Å². The number of aromatic amines is 1. The van der Waals surface area contributed by atoms with Crippen LogP contribution in [0, 0.1) is 0 Å². The molecule has 4 rings (SSSR count). The number of rotatable bonds is 2. The summed E-state index contributed by atoms with van der Waals surface area (Å²) in [7, 11) is 0. The SMILES string of the molecule is O=C(O)c1nc(-c2c[nH]c3ccccc23)n2c1CCC2. The molecule has 0 saturated heterocycles. The number of H-pyrrole nitrogens is 1. The largest absolute Gasteiger partial charge is 0.476 e. The lowest BCUT2D eigenvalue weighted by atomic mass is 10.1. The van der Waals surface area contributed by atoms with Crippen molar-refractivity contribution < 1.29 is 9.90 Å². The molecule has 0 unspecified atom stereocenters. The van der Waals surface area contributed by atoms with E-state index in [-0.39, 0.29) is 5.69 Å². The minimum absolute atomic E-state index is 0.197. The number of benzene rings is 1. The fourth-order valence-corrected chi connectivity index (χ4v) is 3.02. The Kier molecular flexibility index (Phi) is 2.24. The van der Waals surface area contributed by atoms with Crippen LogP contribution in [-0.2, 0) is 13.0 Å². The smallest absolute Gasteiger partial charge is 0.356 e. The van der Waals surface area contributed by atoms with E-state index in [2.05, 4.69) is 9.97 Å². The Bertz CT molecular complexity index is 829. The lowest BCUT2D eigenvalue weighted by Gasteiger charge is -2.02. The summed E-state index contributed by atoms with van der Waals surface area (Å²) < 4.78 is 2.04. The van der Waals surface area contributed by atoms with Crippen LogP contribution in [-0.4, -0.2) is 25.6 Å². The van der Waals surface area contributed by atoms with Crippen LogP contribution in [0.25, 0.3) is 22.3 Å². The van der Waals surface area contributed by atoms with E-state index in [1.54, 1.807) is 0 Å². The van der Waals surface area contributed by atoms with Crippen LogP contribution in [0.3, 0.4) is 0 Å². The lowest BCUT2D eigenvalue weighted by molar-refractivity contribution is 0.0690. The third kappa shape index (κ3) is 1.43. The zero-order chi connectivity index (χ0) is 13.7. The molecule has 0 spiro atoms. The molecule has 5 heteroatoms. The maximum absolute atomic E-state index is 11.3.